The average molecular weight is 370 g/mol. The lowest BCUT2D eigenvalue weighted by molar-refractivity contribution is 0.291. The van der Waals surface area contributed by atoms with Gasteiger partial charge >= 0.3 is 0 Å². The van der Waals surface area contributed by atoms with Crippen LogP contribution in [-0.2, 0) is 0 Å². The predicted molar refractivity (Wildman–Crippen MR) is 111 cm³/mol. The van der Waals surface area contributed by atoms with Crippen molar-refractivity contribution in [2.75, 3.05) is 32.6 Å². The molecule has 2 aromatic rings. The van der Waals surface area contributed by atoms with Crippen LogP contribution in [0.25, 0.3) is 5.70 Å². The van der Waals surface area contributed by atoms with Crippen LogP contribution in [0.4, 0.5) is 5.69 Å². The van der Waals surface area contributed by atoms with Gasteiger partial charge in [-0.2, -0.15) is 0 Å². The number of para-hydroxylation sites is 2. The second-order valence-electron chi connectivity index (χ2n) is 6.72. The molecular formula is C21H30N4O2. The van der Waals surface area contributed by atoms with Crippen molar-refractivity contribution in [3.8, 4) is 11.5 Å². The van der Waals surface area contributed by atoms with Crippen molar-refractivity contribution in [1.82, 2.24) is 9.99 Å². The summed E-state index contributed by atoms with van der Waals surface area (Å²) in [5.74, 6) is 8.18. The van der Waals surface area contributed by atoms with Gasteiger partial charge < -0.3 is 19.8 Å². The molecule has 3 N–H and O–H groups in total. The lowest BCUT2D eigenvalue weighted by Gasteiger charge is -2.18. The Morgan fingerprint density at radius 3 is 2.78 bits per heavy atom. The van der Waals surface area contributed by atoms with Gasteiger partial charge in [0.1, 0.15) is 11.5 Å². The molecule has 1 aromatic heterocycles. The van der Waals surface area contributed by atoms with Crippen molar-refractivity contribution < 1.29 is 9.47 Å². The first-order valence-electron chi connectivity index (χ1n) is 9.15. The second-order valence-corrected chi connectivity index (χ2v) is 6.72. The highest BCUT2D eigenvalue weighted by molar-refractivity contribution is 5.65. The summed E-state index contributed by atoms with van der Waals surface area (Å²) in [6.07, 6.45) is 6.47. The van der Waals surface area contributed by atoms with Gasteiger partial charge in [-0.15, -0.1) is 0 Å². The van der Waals surface area contributed by atoms with Crippen LogP contribution in [0, 0.1) is 5.92 Å². The van der Waals surface area contributed by atoms with Crippen molar-refractivity contribution in [2.45, 2.75) is 20.3 Å². The number of nitrogens with zero attached hydrogens (tertiary/aromatic N) is 2. The van der Waals surface area contributed by atoms with E-state index in [1.54, 1.807) is 31.6 Å². The van der Waals surface area contributed by atoms with E-state index >= 15 is 0 Å². The molecule has 1 aromatic carbocycles. The van der Waals surface area contributed by atoms with Crippen molar-refractivity contribution in [1.29, 1.82) is 0 Å². The first-order chi connectivity index (χ1) is 13.0. The maximum absolute atomic E-state index is 6.01. The zero-order valence-corrected chi connectivity index (χ0v) is 16.6. The number of nitrogens with one attached hydrogen (secondary N) is 1. The van der Waals surface area contributed by atoms with E-state index in [4.69, 9.17) is 15.3 Å². The highest BCUT2D eigenvalue weighted by atomic mass is 16.5. The Morgan fingerprint density at radius 1 is 1.30 bits per heavy atom. The molecule has 0 amide bonds. The van der Waals surface area contributed by atoms with Crippen LogP contribution in [0.1, 0.15) is 25.8 Å². The number of hydrogen-bond acceptors (Lipinski definition) is 6. The summed E-state index contributed by atoms with van der Waals surface area (Å²) in [6.45, 7) is 5.68. The van der Waals surface area contributed by atoms with Gasteiger partial charge in [0.25, 0.3) is 0 Å². The van der Waals surface area contributed by atoms with Crippen LogP contribution in [0.5, 0.6) is 11.5 Å². The molecule has 6 nitrogen and oxygen atoms in total. The Labute approximate surface area is 162 Å². The zero-order valence-electron chi connectivity index (χ0n) is 16.6. The standard InChI is InChI=1S/C21H30N4O2/c1-16(2)10-12-27-21-8-6-5-7-19(21)24-11-9-20(25(3)22)17-13-18(26-4)15-23-14-17/h5-9,13-16,24H,10-12,22H2,1-4H3/b20-9-. The van der Waals surface area contributed by atoms with Crippen LogP contribution >= 0.6 is 0 Å². The van der Waals surface area contributed by atoms with Crippen molar-refractivity contribution in [3.63, 3.8) is 0 Å². The summed E-state index contributed by atoms with van der Waals surface area (Å²) in [6, 6.07) is 9.87. The van der Waals surface area contributed by atoms with E-state index in [1.807, 2.05) is 36.4 Å². The zero-order chi connectivity index (χ0) is 19.6. The Hall–Kier alpha value is -2.73. The molecule has 6 heteroatoms. The highest BCUT2D eigenvalue weighted by Crippen LogP contribution is 2.25. The number of anilines is 1. The third-order valence-corrected chi connectivity index (χ3v) is 4.05. The van der Waals surface area contributed by atoms with Gasteiger partial charge in [0.2, 0.25) is 0 Å². The summed E-state index contributed by atoms with van der Waals surface area (Å²) in [7, 11) is 3.42. The van der Waals surface area contributed by atoms with Gasteiger partial charge in [-0.1, -0.05) is 26.0 Å². The lowest BCUT2D eigenvalue weighted by atomic mass is 10.1. The van der Waals surface area contributed by atoms with Gasteiger partial charge in [-0.3, -0.25) is 4.98 Å². The van der Waals surface area contributed by atoms with Gasteiger partial charge in [0, 0.05) is 25.4 Å². The highest BCUT2D eigenvalue weighted by Gasteiger charge is 2.07. The Bertz CT molecular complexity index is 744. The Balaban J connectivity index is 2.07. The quantitative estimate of drug-likeness (QED) is 0.490. The SMILES string of the molecule is COc1cncc(/C(=C/CNc2ccccc2OCCC(C)C)N(C)N)c1. The fraction of sp³-hybridized carbons (Fsp3) is 0.381. The number of ether oxygens (including phenoxy) is 2. The minimum Gasteiger partial charge on any atom is -0.495 e. The van der Waals surface area contributed by atoms with Gasteiger partial charge in [-0.05, 0) is 36.6 Å². The molecule has 0 aliphatic heterocycles. The molecule has 0 aliphatic rings. The molecule has 0 atom stereocenters. The first kappa shape index (κ1) is 20.6. The summed E-state index contributed by atoms with van der Waals surface area (Å²) in [4.78, 5) is 4.20. The van der Waals surface area contributed by atoms with Crippen molar-refractivity contribution in [2.24, 2.45) is 11.8 Å². The molecule has 27 heavy (non-hydrogen) atoms. The predicted octanol–water partition coefficient (Wildman–Crippen LogP) is 3.77. The molecule has 0 radical (unpaired) electrons. The van der Waals surface area contributed by atoms with E-state index in [2.05, 4.69) is 24.1 Å². The molecule has 2 rings (SSSR count). The normalized spacial score (nSPS) is 11.4. The monoisotopic (exact) mass is 370 g/mol. The van der Waals surface area contributed by atoms with Crippen molar-refractivity contribution >= 4 is 11.4 Å². The largest absolute Gasteiger partial charge is 0.495 e. The lowest BCUT2D eigenvalue weighted by Crippen LogP contribution is -2.25. The maximum atomic E-state index is 6.01. The van der Waals surface area contributed by atoms with Gasteiger partial charge in [-0.25, -0.2) is 5.84 Å². The summed E-state index contributed by atoms with van der Waals surface area (Å²) >= 11 is 0. The number of hydrazine groups is 1. The van der Waals surface area contributed by atoms with Gasteiger partial charge in [0.15, 0.2) is 0 Å². The summed E-state index contributed by atoms with van der Waals surface area (Å²) < 4.78 is 11.2. The number of aromatic nitrogens is 1. The molecule has 0 saturated carbocycles. The Kier molecular flexibility index (Phi) is 7.95. The molecule has 146 valence electrons. The maximum Gasteiger partial charge on any atom is 0.142 e. The number of rotatable bonds is 10. The minimum atomic E-state index is 0.596. The first-order valence-corrected chi connectivity index (χ1v) is 9.15. The molecule has 0 fully saturated rings. The summed E-state index contributed by atoms with van der Waals surface area (Å²) in [5, 5.41) is 4.97. The third kappa shape index (κ3) is 6.49. The molecule has 0 aliphatic carbocycles. The molecular weight excluding hydrogens is 340 g/mol. The smallest absolute Gasteiger partial charge is 0.142 e. The van der Waals surface area contributed by atoms with E-state index in [-0.39, 0.29) is 0 Å². The summed E-state index contributed by atoms with van der Waals surface area (Å²) in [5.41, 5.74) is 2.70. The fourth-order valence-corrected chi connectivity index (χ4v) is 2.54. The van der Waals surface area contributed by atoms with Crippen molar-refractivity contribution in [3.05, 3.63) is 54.4 Å². The van der Waals surface area contributed by atoms with E-state index in [0.717, 1.165) is 29.1 Å². The molecule has 0 bridgehead atoms. The number of methoxy groups -OCH3 is 1. The number of nitrogens with two attached hydrogens (primary N) is 1. The molecule has 0 unspecified atom stereocenters. The Morgan fingerprint density at radius 2 is 2.07 bits per heavy atom. The fourth-order valence-electron chi connectivity index (χ4n) is 2.54. The molecule has 0 spiro atoms. The van der Waals surface area contributed by atoms with Crippen LogP contribution in [0.3, 0.4) is 0 Å². The van der Waals surface area contributed by atoms with E-state index in [1.165, 1.54) is 0 Å². The third-order valence-electron chi connectivity index (χ3n) is 4.05. The van der Waals surface area contributed by atoms with E-state index in [9.17, 15) is 0 Å². The van der Waals surface area contributed by atoms with Crippen LogP contribution in [0.2, 0.25) is 0 Å². The van der Waals surface area contributed by atoms with Gasteiger partial charge in [0.05, 0.1) is 31.3 Å². The van der Waals surface area contributed by atoms with Crippen LogP contribution in [-0.4, -0.2) is 37.3 Å². The minimum absolute atomic E-state index is 0.596. The van der Waals surface area contributed by atoms with Crippen LogP contribution < -0.4 is 20.6 Å². The molecule has 1 heterocycles. The molecule has 0 saturated heterocycles. The number of pyridine rings is 1. The average Bonchev–Trinajstić information content (AvgIpc) is 2.65. The second kappa shape index (κ2) is 10.4. The topological polar surface area (TPSA) is 72.6 Å². The van der Waals surface area contributed by atoms with Crippen LogP contribution in [0.15, 0.2) is 48.8 Å². The van der Waals surface area contributed by atoms with E-state index in [0.29, 0.717) is 24.8 Å². The number of benzene rings is 1. The van der Waals surface area contributed by atoms with E-state index < -0.39 is 0 Å². The number of hydrogen-bond donors (Lipinski definition) is 2.